The van der Waals surface area contributed by atoms with E-state index in [9.17, 15) is 9.59 Å². The molecule has 0 aliphatic carbocycles. The summed E-state index contributed by atoms with van der Waals surface area (Å²) in [6.07, 6.45) is 0. The van der Waals surface area contributed by atoms with Crippen molar-refractivity contribution in [2.75, 3.05) is 6.54 Å². The quantitative estimate of drug-likeness (QED) is 0.598. The van der Waals surface area contributed by atoms with Gasteiger partial charge in [-0.15, -0.1) is 0 Å². The number of aliphatic carboxylic acids is 1. The molecule has 0 aromatic carbocycles. The van der Waals surface area contributed by atoms with Gasteiger partial charge in [-0.1, -0.05) is 13.8 Å². The minimum atomic E-state index is -1.05. The first-order valence-electron chi connectivity index (χ1n) is 4.19. The first kappa shape index (κ1) is 11.7. The summed E-state index contributed by atoms with van der Waals surface area (Å²) in [5.74, 6) is -0.720. The molecule has 0 heterocycles. The lowest BCUT2D eigenvalue weighted by Crippen LogP contribution is -2.44. The molecule has 0 fully saturated rings. The van der Waals surface area contributed by atoms with Crippen LogP contribution >= 0.6 is 0 Å². The van der Waals surface area contributed by atoms with Gasteiger partial charge >= 0.3 is 12.0 Å². The van der Waals surface area contributed by atoms with Gasteiger partial charge in [0.25, 0.3) is 0 Å². The fourth-order valence-electron chi connectivity index (χ4n) is 0.580. The van der Waals surface area contributed by atoms with E-state index in [-0.39, 0.29) is 12.6 Å². The van der Waals surface area contributed by atoms with Crippen LogP contribution in [0.4, 0.5) is 4.79 Å². The lowest BCUT2D eigenvalue weighted by Gasteiger charge is -2.17. The summed E-state index contributed by atoms with van der Waals surface area (Å²) in [5, 5.41) is 13.1. The van der Waals surface area contributed by atoms with E-state index >= 15 is 0 Å². The van der Waals surface area contributed by atoms with Crippen molar-refractivity contribution >= 4 is 12.0 Å². The van der Waals surface area contributed by atoms with E-state index in [1.165, 1.54) is 0 Å². The highest BCUT2D eigenvalue weighted by Gasteiger charge is 2.10. The van der Waals surface area contributed by atoms with Crippen molar-refractivity contribution in [2.24, 2.45) is 5.92 Å². The Balaban J connectivity index is 3.68. The molecule has 76 valence electrons. The van der Waals surface area contributed by atoms with Gasteiger partial charge in [0.15, 0.2) is 0 Å². The number of hydrogen-bond acceptors (Lipinski definition) is 2. The maximum atomic E-state index is 11.0. The van der Waals surface area contributed by atoms with Crippen LogP contribution in [0.25, 0.3) is 0 Å². The number of carboxylic acid groups (broad SMARTS) is 1. The van der Waals surface area contributed by atoms with Crippen LogP contribution in [0.1, 0.15) is 20.8 Å². The van der Waals surface area contributed by atoms with Gasteiger partial charge in [0.05, 0.1) is 0 Å². The summed E-state index contributed by atoms with van der Waals surface area (Å²) in [4.78, 5) is 21.1. The van der Waals surface area contributed by atoms with Crippen LogP contribution in [0.15, 0.2) is 0 Å². The number of carboxylic acids is 1. The minimum Gasteiger partial charge on any atom is -0.480 e. The lowest BCUT2D eigenvalue weighted by atomic mass is 10.1. The lowest BCUT2D eigenvalue weighted by molar-refractivity contribution is -0.135. The van der Waals surface area contributed by atoms with Gasteiger partial charge in [-0.25, -0.2) is 4.79 Å². The number of nitrogens with one attached hydrogen (secondary N) is 2. The van der Waals surface area contributed by atoms with Gasteiger partial charge in [-0.05, 0) is 12.8 Å². The second kappa shape index (κ2) is 5.40. The Morgan fingerprint density at radius 1 is 1.31 bits per heavy atom. The largest absolute Gasteiger partial charge is 0.480 e. The van der Waals surface area contributed by atoms with Crippen LogP contribution in [0.5, 0.6) is 0 Å². The van der Waals surface area contributed by atoms with E-state index in [0.717, 1.165) is 0 Å². The molecule has 2 amide bonds. The Labute approximate surface area is 77.5 Å². The molecule has 5 heteroatoms. The van der Waals surface area contributed by atoms with Gasteiger partial charge in [0, 0.05) is 6.04 Å². The van der Waals surface area contributed by atoms with Crippen LogP contribution in [-0.4, -0.2) is 29.7 Å². The summed E-state index contributed by atoms with van der Waals surface area (Å²) in [7, 11) is 0. The van der Waals surface area contributed by atoms with Crippen molar-refractivity contribution in [1.82, 2.24) is 10.6 Å². The van der Waals surface area contributed by atoms with E-state index in [2.05, 4.69) is 10.6 Å². The molecular formula is C8H16N2O3. The second-order valence-corrected chi connectivity index (χ2v) is 3.25. The van der Waals surface area contributed by atoms with Gasteiger partial charge in [-0.2, -0.15) is 0 Å². The van der Waals surface area contributed by atoms with Crippen molar-refractivity contribution in [2.45, 2.75) is 26.8 Å². The molecule has 0 saturated carbocycles. The van der Waals surface area contributed by atoms with Crippen molar-refractivity contribution < 1.29 is 14.7 Å². The van der Waals surface area contributed by atoms with Crippen LogP contribution in [0.3, 0.4) is 0 Å². The zero-order chi connectivity index (χ0) is 10.4. The number of hydrogen-bond donors (Lipinski definition) is 3. The highest BCUT2D eigenvalue weighted by molar-refractivity contribution is 5.79. The van der Waals surface area contributed by atoms with Crippen molar-refractivity contribution in [1.29, 1.82) is 0 Å². The Morgan fingerprint density at radius 2 is 1.85 bits per heavy atom. The molecule has 0 spiro atoms. The minimum absolute atomic E-state index is 0.0359. The monoisotopic (exact) mass is 188 g/mol. The molecule has 0 aromatic rings. The fourth-order valence-corrected chi connectivity index (χ4v) is 0.580. The van der Waals surface area contributed by atoms with E-state index in [1.807, 2.05) is 20.8 Å². The predicted octanol–water partition coefficient (Wildman–Crippen LogP) is 0.415. The van der Waals surface area contributed by atoms with Gasteiger partial charge in [0.2, 0.25) is 0 Å². The normalized spacial score (nSPS) is 12.3. The highest BCUT2D eigenvalue weighted by Crippen LogP contribution is 1.98. The third kappa shape index (κ3) is 5.95. The van der Waals surface area contributed by atoms with Crippen LogP contribution in [0, 0.1) is 5.92 Å². The summed E-state index contributed by atoms with van der Waals surface area (Å²) < 4.78 is 0. The van der Waals surface area contributed by atoms with E-state index in [4.69, 9.17) is 5.11 Å². The Hall–Kier alpha value is -1.26. The third-order valence-corrected chi connectivity index (χ3v) is 1.76. The summed E-state index contributed by atoms with van der Waals surface area (Å²) in [6, 6.07) is -0.405. The maximum Gasteiger partial charge on any atom is 0.323 e. The SMILES string of the molecule is CC(C)C(C)NC(=O)NCC(=O)O. The van der Waals surface area contributed by atoms with Crippen molar-refractivity contribution in [3.05, 3.63) is 0 Å². The van der Waals surface area contributed by atoms with E-state index in [1.54, 1.807) is 0 Å². The first-order chi connectivity index (χ1) is 5.93. The molecule has 5 nitrogen and oxygen atoms in total. The standard InChI is InChI=1S/C8H16N2O3/c1-5(2)6(3)10-8(13)9-4-7(11)12/h5-6H,4H2,1-3H3,(H,11,12)(H2,9,10,13). The fraction of sp³-hybridized carbons (Fsp3) is 0.750. The molecule has 1 atom stereocenters. The molecule has 0 rings (SSSR count). The number of carbonyl (C=O) groups is 2. The number of carbonyl (C=O) groups excluding carboxylic acids is 1. The number of urea groups is 1. The van der Waals surface area contributed by atoms with E-state index < -0.39 is 12.0 Å². The molecule has 0 bridgehead atoms. The van der Waals surface area contributed by atoms with E-state index in [0.29, 0.717) is 5.92 Å². The molecule has 0 aromatic heterocycles. The predicted molar refractivity (Wildman–Crippen MR) is 48.5 cm³/mol. The summed E-state index contributed by atoms with van der Waals surface area (Å²) in [6.45, 7) is 5.46. The van der Waals surface area contributed by atoms with Crippen molar-refractivity contribution in [3.63, 3.8) is 0 Å². The maximum absolute atomic E-state index is 11.0. The zero-order valence-corrected chi connectivity index (χ0v) is 8.13. The average molecular weight is 188 g/mol. The number of rotatable bonds is 4. The van der Waals surface area contributed by atoms with Gasteiger partial charge in [-0.3, -0.25) is 4.79 Å². The molecule has 0 radical (unpaired) electrons. The Morgan fingerprint density at radius 3 is 2.23 bits per heavy atom. The summed E-state index contributed by atoms with van der Waals surface area (Å²) in [5.41, 5.74) is 0. The molecule has 13 heavy (non-hydrogen) atoms. The van der Waals surface area contributed by atoms with Crippen LogP contribution in [-0.2, 0) is 4.79 Å². The first-order valence-corrected chi connectivity index (χ1v) is 4.19. The Kier molecular flexibility index (Phi) is 4.87. The zero-order valence-electron chi connectivity index (χ0n) is 8.13. The molecule has 1 unspecified atom stereocenters. The summed E-state index contributed by atoms with van der Waals surface area (Å²) >= 11 is 0. The smallest absolute Gasteiger partial charge is 0.323 e. The number of amides is 2. The van der Waals surface area contributed by atoms with Gasteiger partial charge < -0.3 is 15.7 Å². The Bertz CT molecular complexity index is 192. The molecule has 3 N–H and O–H groups in total. The molecular weight excluding hydrogens is 172 g/mol. The third-order valence-electron chi connectivity index (χ3n) is 1.76. The van der Waals surface area contributed by atoms with Crippen molar-refractivity contribution in [3.8, 4) is 0 Å². The molecule has 0 aliphatic rings. The molecule has 0 aliphatic heterocycles. The topological polar surface area (TPSA) is 78.4 Å². The second-order valence-electron chi connectivity index (χ2n) is 3.25. The average Bonchev–Trinajstić information content (AvgIpc) is 2.00. The van der Waals surface area contributed by atoms with Gasteiger partial charge in [0.1, 0.15) is 6.54 Å². The molecule has 0 saturated heterocycles. The van der Waals surface area contributed by atoms with Crippen LogP contribution in [0.2, 0.25) is 0 Å². The highest BCUT2D eigenvalue weighted by atomic mass is 16.4. The van der Waals surface area contributed by atoms with Crippen LogP contribution < -0.4 is 10.6 Å².